The van der Waals surface area contributed by atoms with E-state index in [2.05, 4.69) is 4.98 Å². The molecule has 0 aliphatic carbocycles. The van der Waals surface area contributed by atoms with Crippen LogP contribution in [0.5, 0.6) is 5.75 Å². The van der Waals surface area contributed by atoms with Crippen LogP contribution < -0.4 is 4.74 Å². The smallest absolute Gasteiger partial charge is 0.335 e. The monoisotopic (exact) mass is 409 g/mol. The van der Waals surface area contributed by atoms with Gasteiger partial charge in [-0.15, -0.1) is 0 Å². The summed E-state index contributed by atoms with van der Waals surface area (Å²) in [4.78, 5) is 16.3. The molecule has 0 fully saturated rings. The molecule has 0 aliphatic heterocycles. The highest BCUT2D eigenvalue weighted by Crippen LogP contribution is 2.27. The average molecular weight is 410 g/mol. The number of carbonyl (C=O) groups is 1. The van der Waals surface area contributed by atoms with E-state index in [1.165, 1.54) is 7.11 Å². The van der Waals surface area contributed by atoms with Crippen molar-refractivity contribution in [3.63, 3.8) is 0 Å². The van der Waals surface area contributed by atoms with Gasteiger partial charge in [0.2, 0.25) is 0 Å². The van der Waals surface area contributed by atoms with E-state index in [1.807, 2.05) is 46.8 Å². The molecule has 2 rings (SSSR count). The predicted molar refractivity (Wildman–Crippen MR) is 107 cm³/mol. The third kappa shape index (κ3) is 5.72. The minimum atomic E-state index is -0.687. The quantitative estimate of drug-likeness (QED) is 0.592. The molecular weight excluding hydrogens is 382 g/mol. The van der Waals surface area contributed by atoms with Gasteiger partial charge in [0.05, 0.1) is 7.11 Å². The molecule has 1 unspecified atom stereocenters. The first-order chi connectivity index (χ1) is 13.2. The first kappa shape index (κ1) is 22.2. The van der Waals surface area contributed by atoms with Crippen molar-refractivity contribution in [2.45, 2.75) is 59.2 Å². The molecule has 6 nitrogen and oxygen atoms in total. The number of hydrogen-bond donors (Lipinski definition) is 0. The van der Waals surface area contributed by atoms with E-state index in [-0.39, 0.29) is 12.0 Å². The summed E-state index contributed by atoms with van der Waals surface area (Å²) in [6.07, 6.45) is -0.357. The summed E-state index contributed by atoms with van der Waals surface area (Å²) in [7, 11) is 1.34. The zero-order valence-corrected chi connectivity index (χ0v) is 18.1. The summed E-state index contributed by atoms with van der Waals surface area (Å²) >= 11 is 6.38. The second kappa shape index (κ2) is 9.43. The Morgan fingerprint density at radius 2 is 2.04 bits per heavy atom. The van der Waals surface area contributed by atoms with E-state index in [1.54, 1.807) is 6.07 Å². The summed E-state index contributed by atoms with van der Waals surface area (Å²) < 4.78 is 21.8. The molecule has 1 aromatic heterocycles. The van der Waals surface area contributed by atoms with Crippen LogP contribution in [0.4, 0.5) is 0 Å². The maximum absolute atomic E-state index is 11.8. The molecule has 154 valence electrons. The first-order valence-corrected chi connectivity index (χ1v) is 9.61. The SMILES string of the molecule is CCOC(Cc1ccc(OCc2nc(C(C)(C)C)oc2C)cc1Cl)C(=O)OC. The third-order valence-corrected chi connectivity index (χ3v) is 4.52. The summed E-state index contributed by atoms with van der Waals surface area (Å²) in [6.45, 7) is 10.5. The molecule has 0 amide bonds. The number of methoxy groups -OCH3 is 1. The van der Waals surface area contributed by atoms with Gasteiger partial charge in [-0.3, -0.25) is 0 Å². The van der Waals surface area contributed by atoms with Crippen molar-refractivity contribution in [2.75, 3.05) is 13.7 Å². The summed E-state index contributed by atoms with van der Waals surface area (Å²) in [5, 5.41) is 0.498. The Bertz CT molecular complexity index is 810. The Labute approximate surface area is 171 Å². The van der Waals surface area contributed by atoms with Crippen LogP contribution >= 0.6 is 11.6 Å². The van der Waals surface area contributed by atoms with Crippen LogP contribution in [0, 0.1) is 6.92 Å². The summed E-state index contributed by atoms with van der Waals surface area (Å²) in [5.41, 5.74) is 1.38. The number of esters is 1. The zero-order chi connectivity index (χ0) is 20.9. The Hall–Kier alpha value is -2.05. The number of oxazole rings is 1. The molecule has 0 spiro atoms. The summed E-state index contributed by atoms with van der Waals surface area (Å²) in [5.74, 6) is 1.61. The fourth-order valence-corrected chi connectivity index (χ4v) is 2.81. The second-order valence-corrected chi connectivity index (χ2v) is 7.89. The molecule has 1 atom stereocenters. The lowest BCUT2D eigenvalue weighted by molar-refractivity contribution is -0.153. The van der Waals surface area contributed by atoms with Crippen molar-refractivity contribution in [2.24, 2.45) is 0 Å². The second-order valence-electron chi connectivity index (χ2n) is 7.49. The van der Waals surface area contributed by atoms with Gasteiger partial charge in [0, 0.05) is 23.5 Å². The third-order valence-electron chi connectivity index (χ3n) is 4.17. The van der Waals surface area contributed by atoms with Crippen molar-refractivity contribution in [3.8, 4) is 5.75 Å². The van der Waals surface area contributed by atoms with Gasteiger partial charge in [0.25, 0.3) is 0 Å². The molecule has 0 N–H and O–H groups in total. The number of nitrogens with zero attached hydrogens (tertiary/aromatic N) is 1. The van der Waals surface area contributed by atoms with Gasteiger partial charge in [-0.05, 0) is 31.5 Å². The Kier molecular flexibility index (Phi) is 7.49. The van der Waals surface area contributed by atoms with Crippen LogP contribution in [-0.4, -0.2) is 30.8 Å². The van der Waals surface area contributed by atoms with Gasteiger partial charge in [0.1, 0.15) is 23.8 Å². The van der Waals surface area contributed by atoms with Crippen molar-refractivity contribution in [1.82, 2.24) is 4.98 Å². The molecule has 28 heavy (non-hydrogen) atoms. The lowest BCUT2D eigenvalue weighted by atomic mass is 9.97. The van der Waals surface area contributed by atoms with E-state index in [0.29, 0.717) is 29.7 Å². The number of rotatable bonds is 8. The lowest BCUT2D eigenvalue weighted by Gasteiger charge is -2.16. The molecule has 1 heterocycles. The summed E-state index contributed by atoms with van der Waals surface area (Å²) in [6, 6.07) is 5.35. The van der Waals surface area contributed by atoms with E-state index >= 15 is 0 Å². The maximum atomic E-state index is 11.8. The topological polar surface area (TPSA) is 70.8 Å². The van der Waals surface area contributed by atoms with E-state index in [9.17, 15) is 4.79 Å². The Morgan fingerprint density at radius 3 is 2.57 bits per heavy atom. The van der Waals surface area contributed by atoms with Crippen LogP contribution in [0.1, 0.15) is 50.6 Å². The number of halogens is 1. The molecule has 2 aromatic rings. The molecule has 0 radical (unpaired) electrons. The number of benzene rings is 1. The van der Waals surface area contributed by atoms with Gasteiger partial charge in [-0.25, -0.2) is 9.78 Å². The van der Waals surface area contributed by atoms with E-state index < -0.39 is 12.1 Å². The van der Waals surface area contributed by atoms with Crippen molar-refractivity contribution >= 4 is 17.6 Å². The van der Waals surface area contributed by atoms with Crippen molar-refractivity contribution in [3.05, 3.63) is 46.1 Å². The minimum Gasteiger partial charge on any atom is -0.487 e. The predicted octanol–water partition coefficient (Wildman–Crippen LogP) is 4.63. The molecule has 0 aliphatic rings. The largest absolute Gasteiger partial charge is 0.487 e. The van der Waals surface area contributed by atoms with E-state index in [4.69, 9.17) is 30.2 Å². The highest BCUT2D eigenvalue weighted by molar-refractivity contribution is 6.31. The van der Waals surface area contributed by atoms with Crippen LogP contribution in [0.2, 0.25) is 5.02 Å². The van der Waals surface area contributed by atoms with Gasteiger partial charge in [0.15, 0.2) is 12.0 Å². The average Bonchev–Trinajstić information content (AvgIpc) is 3.02. The Morgan fingerprint density at radius 1 is 1.32 bits per heavy atom. The van der Waals surface area contributed by atoms with Gasteiger partial charge >= 0.3 is 5.97 Å². The van der Waals surface area contributed by atoms with Crippen molar-refractivity contribution in [1.29, 1.82) is 0 Å². The fourth-order valence-electron chi connectivity index (χ4n) is 2.56. The highest BCUT2D eigenvalue weighted by atomic mass is 35.5. The highest BCUT2D eigenvalue weighted by Gasteiger charge is 2.23. The fraction of sp³-hybridized carbons (Fsp3) is 0.524. The molecule has 7 heteroatoms. The number of ether oxygens (including phenoxy) is 3. The van der Waals surface area contributed by atoms with Crippen LogP contribution in [0.15, 0.2) is 22.6 Å². The standard InChI is InChI=1S/C21H28ClNO5/c1-7-26-18(19(24)25-6)10-14-8-9-15(11-16(14)22)27-12-17-13(2)28-20(23-17)21(3,4)5/h8-9,11,18H,7,10,12H2,1-6H3. The maximum Gasteiger partial charge on any atom is 0.335 e. The van der Waals surface area contributed by atoms with Crippen LogP contribution in [0.25, 0.3) is 0 Å². The molecule has 0 bridgehead atoms. The molecule has 0 saturated heterocycles. The lowest BCUT2D eigenvalue weighted by Crippen LogP contribution is -2.28. The van der Waals surface area contributed by atoms with Gasteiger partial charge < -0.3 is 18.6 Å². The number of hydrogen-bond acceptors (Lipinski definition) is 6. The number of aryl methyl sites for hydroxylation is 1. The van der Waals surface area contributed by atoms with E-state index in [0.717, 1.165) is 17.0 Å². The van der Waals surface area contributed by atoms with Gasteiger partial charge in [-0.1, -0.05) is 38.4 Å². The van der Waals surface area contributed by atoms with Gasteiger partial charge in [-0.2, -0.15) is 0 Å². The zero-order valence-electron chi connectivity index (χ0n) is 17.3. The Balaban J connectivity index is 2.06. The number of aromatic nitrogens is 1. The molecular formula is C21H28ClNO5. The molecule has 1 aromatic carbocycles. The normalized spacial score (nSPS) is 12.7. The van der Waals surface area contributed by atoms with Crippen LogP contribution in [-0.2, 0) is 32.7 Å². The van der Waals surface area contributed by atoms with Crippen molar-refractivity contribution < 1.29 is 23.4 Å². The first-order valence-electron chi connectivity index (χ1n) is 9.23. The molecule has 0 saturated carbocycles. The number of carbonyl (C=O) groups excluding carboxylic acids is 1. The minimum absolute atomic E-state index is 0.162. The van der Waals surface area contributed by atoms with Crippen LogP contribution in [0.3, 0.4) is 0 Å².